The van der Waals surface area contributed by atoms with Crippen molar-refractivity contribution < 1.29 is 27.9 Å². The van der Waals surface area contributed by atoms with Crippen LogP contribution >= 0.6 is 0 Å². The number of anilines is 1. The Morgan fingerprint density at radius 3 is 2.72 bits per heavy atom. The third-order valence-electron chi connectivity index (χ3n) is 5.24. The number of nitrogens with one attached hydrogen (secondary N) is 3. The molecule has 1 saturated heterocycles. The third kappa shape index (κ3) is 4.57. The summed E-state index contributed by atoms with van der Waals surface area (Å²) in [6.45, 7) is -0.957. The van der Waals surface area contributed by atoms with Gasteiger partial charge in [-0.05, 0) is 37.8 Å². The fourth-order valence-corrected chi connectivity index (χ4v) is 3.79. The molecule has 10 heteroatoms. The number of hydrogen-bond acceptors (Lipinski definition) is 4. The summed E-state index contributed by atoms with van der Waals surface area (Å²) in [5.41, 5.74) is -0.0181. The second-order valence-electron chi connectivity index (χ2n) is 7.24. The van der Waals surface area contributed by atoms with Crippen molar-refractivity contribution in [2.75, 3.05) is 18.4 Å². The van der Waals surface area contributed by atoms with Crippen molar-refractivity contribution in [3.05, 3.63) is 23.8 Å². The summed E-state index contributed by atoms with van der Waals surface area (Å²) in [7, 11) is 0. The van der Waals surface area contributed by atoms with Crippen LogP contribution < -0.4 is 20.7 Å². The summed E-state index contributed by atoms with van der Waals surface area (Å²) in [6.07, 6.45) is 3.52. The van der Waals surface area contributed by atoms with Gasteiger partial charge in [0.05, 0.1) is 5.69 Å². The number of carbonyl (C=O) groups excluding carboxylic acids is 3. The van der Waals surface area contributed by atoms with E-state index < -0.39 is 24.2 Å². The van der Waals surface area contributed by atoms with Gasteiger partial charge in [0.15, 0.2) is 0 Å². The first-order chi connectivity index (χ1) is 13.8. The Hall–Kier alpha value is -2.91. The third-order valence-corrected chi connectivity index (χ3v) is 5.24. The predicted molar refractivity (Wildman–Crippen MR) is 101 cm³/mol. The minimum Gasteiger partial charge on any atom is -0.433 e. The molecular formula is C19H24F2N4O4. The molecule has 158 valence electrons. The van der Waals surface area contributed by atoms with Crippen LogP contribution in [0.4, 0.5) is 24.1 Å². The van der Waals surface area contributed by atoms with Gasteiger partial charge in [0.2, 0.25) is 0 Å². The lowest BCUT2D eigenvalue weighted by Crippen LogP contribution is -2.44. The molecular weight excluding hydrogens is 386 g/mol. The number of urea groups is 2. The zero-order valence-electron chi connectivity index (χ0n) is 16.1. The van der Waals surface area contributed by atoms with E-state index in [1.165, 1.54) is 11.0 Å². The van der Waals surface area contributed by atoms with E-state index in [9.17, 15) is 23.2 Å². The Kier molecular flexibility index (Phi) is 6.19. The van der Waals surface area contributed by atoms with Crippen LogP contribution in [0.25, 0.3) is 0 Å². The highest BCUT2D eigenvalue weighted by molar-refractivity contribution is 6.07. The molecule has 1 saturated carbocycles. The zero-order valence-corrected chi connectivity index (χ0v) is 16.1. The number of nitrogens with zero attached hydrogens (tertiary/aromatic N) is 1. The van der Waals surface area contributed by atoms with Gasteiger partial charge in [0.1, 0.15) is 11.3 Å². The van der Waals surface area contributed by atoms with Crippen LogP contribution in [0.15, 0.2) is 18.2 Å². The van der Waals surface area contributed by atoms with Gasteiger partial charge in [-0.25, -0.2) is 9.59 Å². The molecule has 0 radical (unpaired) electrons. The van der Waals surface area contributed by atoms with Crippen molar-refractivity contribution in [1.29, 1.82) is 0 Å². The molecule has 29 heavy (non-hydrogen) atoms. The second-order valence-corrected chi connectivity index (χ2v) is 7.24. The van der Waals surface area contributed by atoms with Gasteiger partial charge in [0.25, 0.3) is 5.91 Å². The molecule has 0 aromatic heterocycles. The zero-order chi connectivity index (χ0) is 21.0. The van der Waals surface area contributed by atoms with E-state index in [4.69, 9.17) is 0 Å². The van der Waals surface area contributed by atoms with Gasteiger partial charge in [-0.15, -0.1) is 0 Å². The standard InChI is InChI=1S/C19H24F2N4O4/c1-12-6-4-7-13(29-16(20)21)14(12)23-17(27)22-10-5-11-25-15(26)19(24-18(25)28)8-2-3-9-19/h4,6-7,16H,2-3,5,8-11H2,1H3,(H,24,28)(H2,22,23,27). The number of carbonyl (C=O) groups is 3. The normalized spacial score (nSPS) is 17.7. The molecule has 3 N–H and O–H groups in total. The van der Waals surface area contributed by atoms with Crippen molar-refractivity contribution >= 4 is 23.7 Å². The maximum Gasteiger partial charge on any atom is 0.387 e. The molecule has 5 amide bonds. The summed E-state index contributed by atoms with van der Waals surface area (Å²) in [6, 6.07) is 3.55. The largest absolute Gasteiger partial charge is 0.433 e. The smallest absolute Gasteiger partial charge is 0.387 e. The molecule has 2 fully saturated rings. The van der Waals surface area contributed by atoms with Crippen molar-refractivity contribution in [3.63, 3.8) is 0 Å². The van der Waals surface area contributed by atoms with Gasteiger partial charge in [0, 0.05) is 13.1 Å². The lowest BCUT2D eigenvalue weighted by atomic mass is 9.98. The average Bonchev–Trinajstić information content (AvgIpc) is 3.21. The molecule has 1 aliphatic heterocycles. The number of hydrogen-bond donors (Lipinski definition) is 3. The number of amides is 5. The van der Waals surface area contributed by atoms with Gasteiger partial charge in [-0.3, -0.25) is 9.69 Å². The fourth-order valence-electron chi connectivity index (χ4n) is 3.79. The summed E-state index contributed by atoms with van der Waals surface area (Å²) < 4.78 is 29.5. The van der Waals surface area contributed by atoms with Crippen LogP contribution in [0.3, 0.4) is 0 Å². The first-order valence-corrected chi connectivity index (χ1v) is 9.56. The van der Waals surface area contributed by atoms with E-state index in [0.717, 1.165) is 12.8 Å². The molecule has 1 aromatic carbocycles. The Balaban J connectivity index is 1.48. The van der Waals surface area contributed by atoms with E-state index >= 15 is 0 Å². The maximum atomic E-state index is 12.5. The van der Waals surface area contributed by atoms with Crippen molar-refractivity contribution in [1.82, 2.24) is 15.5 Å². The summed E-state index contributed by atoms with van der Waals surface area (Å²) in [4.78, 5) is 37.9. The van der Waals surface area contributed by atoms with Crippen molar-refractivity contribution in [3.8, 4) is 5.75 Å². The van der Waals surface area contributed by atoms with Gasteiger partial charge in [-0.1, -0.05) is 25.0 Å². The van der Waals surface area contributed by atoms with Crippen LogP contribution in [0.2, 0.25) is 0 Å². The molecule has 1 heterocycles. The van der Waals surface area contributed by atoms with Crippen LogP contribution in [0.5, 0.6) is 5.75 Å². The van der Waals surface area contributed by atoms with E-state index in [1.54, 1.807) is 19.1 Å². The Labute approximate surface area is 167 Å². The molecule has 1 spiro atoms. The highest BCUT2D eigenvalue weighted by Crippen LogP contribution is 2.35. The molecule has 8 nitrogen and oxygen atoms in total. The van der Waals surface area contributed by atoms with Crippen LogP contribution in [-0.2, 0) is 4.79 Å². The predicted octanol–water partition coefficient (Wildman–Crippen LogP) is 2.97. The number of para-hydroxylation sites is 1. The van der Waals surface area contributed by atoms with E-state index in [1.807, 2.05) is 0 Å². The SMILES string of the molecule is Cc1cccc(OC(F)F)c1NC(=O)NCCCN1C(=O)NC2(CCCC2)C1=O. The molecule has 2 aliphatic rings. The summed E-state index contributed by atoms with van der Waals surface area (Å²) >= 11 is 0. The minimum absolute atomic E-state index is 0.128. The van der Waals surface area contributed by atoms with Crippen molar-refractivity contribution in [2.24, 2.45) is 0 Å². The molecule has 0 bridgehead atoms. The highest BCUT2D eigenvalue weighted by Gasteiger charge is 2.51. The quantitative estimate of drug-likeness (QED) is 0.475. The first kappa shape index (κ1) is 20.8. The second kappa shape index (κ2) is 8.62. The Morgan fingerprint density at radius 1 is 1.31 bits per heavy atom. The number of imide groups is 1. The van der Waals surface area contributed by atoms with E-state index in [2.05, 4.69) is 20.7 Å². The topological polar surface area (TPSA) is 99.8 Å². The highest BCUT2D eigenvalue weighted by atomic mass is 19.3. The fraction of sp³-hybridized carbons (Fsp3) is 0.526. The lowest BCUT2D eigenvalue weighted by Gasteiger charge is -2.20. The number of ether oxygens (including phenoxy) is 1. The number of benzene rings is 1. The van der Waals surface area contributed by atoms with E-state index in [0.29, 0.717) is 24.8 Å². The number of aryl methyl sites for hydroxylation is 1. The summed E-state index contributed by atoms with van der Waals surface area (Å²) in [5.74, 6) is -0.325. The Morgan fingerprint density at radius 2 is 2.03 bits per heavy atom. The van der Waals surface area contributed by atoms with Crippen LogP contribution in [0, 0.1) is 6.92 Å². The van der Waals surface area contributed by atoms with Gasteiger partial charge < -0.3 is 20.7 Å². The number of rotatable bonds is 7. The molecule has 0 atom stereocenters. The van der Waals surface area contributed by atoms with Gasteiger partial charge >= 0.3 is 18.7 Å². The lowest BCUT2D eigenvalue weighted by molar-refractivity contribution is -0.131. The average molecular weight is 410 g/mol. The van der Waals surface area contributed by atoms with E-state index in [-0.39, 0.29) is 30.4 Å². The number of halogens is 2. The molecule has 1 aromatic rings. The van der Waals surface area contributed by atoms with Crippen molar-refractivity contribution in [2.45, 2.75) is 51.2 Å². The van der Waals surface area contributed by atoms with Gasteiger partial charge in [-0.2, -0.15) is 8.78 Å². The first-order valence-electron chi connectivity index (χ1n) is 9.56. The molecule has 3 rings (SSSR count). The van der Waals surface area contributed by atoms with Crippen LogP contribution in [-0.4, -0.2) is 48.1 Å². The summed E-state index contributed by atoms with van der Waals surface area (Å²) in [5, 5.41) is 7.89. The van der Waals surface area contributed by atoms with Crippen LogP contribution in [0.1, 0.15) is 37.7 Å². The number of alkyl halides is 2. The Bertz CT molecular complexity index is 796. The molecule has 0 unspecified atom stereocenters. The maximum absolute atomic E-state index is 12.5. The minimum atomic E-state index is -3.01. The monoisotopic (exact) mass is 410 g/mol. The molecule has 1 aliphatic carbocycles.